The van der Waals surface area contributed by atoms with Crippen LogP contribution in [0.2, 0.25) is 0 Å². The third-order valence-electron chi connectivity index (χ3n) is 1.70. The Morgan fingerprint density at radius 3 is 2.42 bits per heavy atom. The summed E-state index contributed by atoms with van der Waals surface area (Å²) in [5.41, 5.74) is 2.07. The summed E-state index contributed by atoms with van der Waals surface area (Å²) in [6, 6.07) is 0. The van der Waals surface area contributed by atoms with Crippen molar-refractivity contribution < 1.29 is 5.11 Å². The molecule has 0 saturated carbocycles. The molecule has 0 aliphatic carbocycles. The molecule has 68 valence electrons. The van der Waals surface area contributed by atoms with Crippen LogP contribution in [0.1, 0.15) is 44.2 Å². The van der Waals surface area contributed by atoms with Gasteiger partial charge in [-0.1, -0.05) is 13.8 Å². The normalized spacial score (nSPS) is 12.5. The SMILES string of the molecule is CC(C)c1ncsc1C(C)(C)O. The van der Waals surface area contributed by atoms with Crippen LogP contribution in [0.15, 0.2) is 5.51 Å². The zero-order chi connectivity index (χ0) is 9.35. The first kappa shape index (κ1) is 9.68. The predicted octanol–water partition coefficient (Wildman–Crippen LogP) is 2.49. The van der Waals surface area contributed by atoms with E-state index in [-0.39, 0.29) is 0 Å². The molecule has 1 heterocycles. The third kappa shape index (κ3) is 1.84. The van der Waals surface area contributed by atoms with E-state index in [9.17, 15) is 5.11 Å². The lowest BCUT2D eigenvalue weighted by Gasteiger charge is -2.17. The zero-order valence-corrected chi connectivity index (χ0v) is 8.77. The third-order valence-corrected chi connectivity index (χ3v) is 2.85. The molecule has 1 N–H and O–H groups in total. The number of aromatic nitrogens is 1. The van der Waals surface area contributed by atoms with Crippen molar-refractivity contribution in [1.29, 1.82) is 0 Å². The smallest absolute Gasteiger partial charge is 0.0950 e. The van der Waals surface area contributed by atoms with Crippen LogP contribution in [0, 0.1) is 0 Å². The van der Waals surface area contributed by atoms with E-state index < -0.39 is 5.60 Å². The van der Waals surface area contributed by atoms with Crippen molar-refractivity contribution in [3.8, 4) is 0 Å². The fraction of sp³-hybridized carbons (Fsp3) is 0.667. The van der Waals surface area contributed by atoms with Gasteiger partial charge in [-0.05, 0) is 19.8 Å². The molecule has 0 unspecified atom stereocenters. The molecule has 1 aromatic heterocycles. The second kappa shape index (κ2) is 3.15. The molecule has 0 spiro atoms. The summed E-state index contributed by atoms with van der Waals surface area (Å²) >= 11 is 1.52. The highest BCUT2D eigenvalue weighted by atomic mass is 32.1. The Labute approximate surface area is 77.3 Å². The second-order valence-corrected chi connectivity index (χ2v) is 4.64. The van der Waals surface area contributed by atoms with E-state index in [1.54, 1.807) is 19.4 Å². The monoisotopic (exact) mass is 185 g/mol. The zero-order valence-electron chi connectivity index (χ0n) is 7.96. The van der Waals surface area contributed by atoms with Crippen molar-refractivity contribution in [2.75, 3.05) is 0 Å². The van der Waals surface area contributed by atoms with Crippen LogP contribution < -0.4 is 0 Å². The number of thiazole rings is 1. The fourth-order valence-corrected chi connectivity index (χ4v) is 2.09. The highest BCUT2D eigenvalue weighted by Gasteiger charge is 2.23. The summed E-state index contributed by atoms with van der Waals surface area (Å²) in [6.07, 6.45) is 0. The van der Waals surface area contributed by atoms with E-state index in [4.69, 9.17) is 0 Å². The Hall–Kier alpha value is -0.410. The van der Waals surface area contributed by atoms with Crippen LogP contribution in [0.25, 0.3) is 0 Å². The summed E-state index contributed by atoms with van der Waals surface area (Å²) < 4.78 is 0. The molecule has 0 amide bonds. The number of rotatable bonds is 2. The first-order valence-electron chi connectivity index (χ1n) is 4.09. The van der Waals surface area contributed by atoms with Crippen molar-refractivity contribution in [3.05, 3.63) is 16.1 Å². The molecule has 1 aromatic rings. The van der Waals surface area contributed by atoms with Gasteiger partial charge in [0.15, 0.2) is 0 Å². The lowest BCUT2D eigenvalue weighted by Crippen LogP contribution is -2.16. The molecular weight excluding hydrogens is 170 g/mol. The van der Waals surface area contributed by atoms with Gasteiger partial charge in [-0.25, -0.2) is 4.98 Å². The minimum atomic E-state index is -0.749. The van der Waals surface area contributed by atoms with Gasteiger partial charge in [-0.2, -0.15) is 0 Å². The molecule has 12 heavy (non-hydrogen) atoms. The van der Waals surface area contributed by atoms with E-state index >= 15 is 0 Å². The topological polar surface area (TPSA) is 33.1 Å². The first-order valence-corrected chi connectivity index (χ1v) is 4.97. The summed E-state index contributed by atoms with van der Waals surface area (Å²) in [5.74, 6) is 0.387. The summed E-state index contributed by atoms with van der Waals surface area (Å²) in [7, 11) is 0. The van der Waals surface area contributed by atoms with E-state index in [0.29, 0.717) is 5.92 Å². The summed E-state index contributed by atoms with van der Waals surface area (Å²) in [4.78, 5) is 5.22. The van der Waals surface area contributed by atoms with Gasteiger partial charge in [-0.3, -0.25) is 0 Å². The quantitative estimate of drug-likeness (QED) is 0.768. The van der Waals surface area contributed by atoms with Gasteiger partial charge in [0.05, 0.1) is 21.7 Å². The average Bonchev–Trinajstić information content (AvgIpc) is 2.30. The van der Waals surface area contributed by atoms with Gasteiger partial charge in [0.25, 0.3) is 0 Å². The Morgan fingerprint density at radius 1 is 1.50 bits per heavy atom. The molecule has 0 radical (unpaired) electrons. The van der Waals surface area contributed by atoms with Gasteiger partial charge in [-0.15, -0.1) is 11.3 Å². The molecule has 0 aromatic carbocycles. The van der Waals surface area contributed by atoms with E-state index in [0.717, 1.165) is 10.6 Å². The maximum absolute atomic E-state index is 9.78. The van der Waals surface area contributed by atoms with Crippen molar-refractivity contribution in [2.24, 2.45) is 0 Å². The Kier molecular flexibility index (Phi) is 2.54. The van der Waals surface area contributed by atoms with Gasteiger partial charge in [0, 0.05) is 0 Å². The predicted molar refractivity (Wildman–Crippen MR) is 51.4 cm³/mol. The standard InChI is InChI=1S/C9H15NOS/c1-6(2)7-8(9(3,4)11)12-5-10-7/h5-6,11H,1-4H3. The molecule has 0 fully saturated rings. The highest BCUT2D eigenvalue weighted by molar-refractivity contribution is 7.09. The van der Waals surface area contributed by atoms with Crippen molar-refractivity contribution in [3.63, 3.8) is 0 Å². The van der Waals surface area contributed by atoms with Crippen LogP contribution in [-0.2, 0) is 5.60 Å². The number of hydrogen-bond donors (Lipinski definition) is 1. The molecule has 2 nitrogen and oxygen atoms in total. The van der Waals surface area contributed by atoms with E-state index in [1.165, 1.54) is 11.3 Å². The molecule has 0 bridgehead atoms. The van der Waals surface area contributed by atoms with Gasteiger partial charge in [0.1, 0.15) is 0 Å². The minimum absolute atomic E-state index is 0.387. The van der Waals surface area contributed by atoms with Crippen molar-refractivity contribution in [2.45, 2.75) is 39.2 Å². The lowest BCUT2D eigenvalue weighted by atomic mass is 10.0. The van der Waals surface area contributed by atoms with E-state index in [1.807, 2.05) is 0 Å². The van der Waals surface area contributed by atoms with Crippen molar-refractivity contribution in [1.82, 2.24) is 4.98 Å². The number of hydrogen-bond acceptors (Lipinski definition) is 3. The van der Waals surface area contributed by atoms with Crippen molar-refractivity contribution >= 4 is 11.3 Å². The van der Waals surface area contributed by atoms with Crippen LogP contribution in [0.5, 0.6) is 0 Å². The van der Waals surface area contributed by atoms with Crippen LogP contribution in [0.3, 0.4) is 0 Å². The maximum atomic E-state index is 9.78. The molecule has 1 rings (SSSR count). The largest absolute Gasteiger partial charge is 0.385 e. The second-order valence-electron chi connectivity index (χ2n) is 3.78. The molecule has 0 atom stereocenters. The Balaban J connectivity index is 3.08. The van der Waals surface area contributed by atoms with Crippen LogP contribution in [-0.4, -0.2) is 10.1 Å². The number of nitrogens with zero attached hydrogens (tertiary/aromatic N) is 1. The minimum Gasteiger partial charge on any atom is -0.385 e. The first-order chi connectivity index (χ1) is 5.43. The van der Waals surface area contributed by atoms with E-state index in [2.05, 4.69) is 18.8 Å². The maximum Gasteiger partial charge on any atom is 0.0950 e. The molecule has 0 saturated heterocycles. The molecular formula is C9H15NOS. The highest BCUT2D eigenvalue weighted by Crippen LogP contribution is 2.31. The average molecular weight is 185 g/mol. The molecule has 0 aliphatic heterocycles. The lowest BCUT2D eigenvalue weighted by molar-refractivity contribution is 0.0811. The summed E-state index contributed by atoms with van der Waals surface area (Å²) in [5, 5.41) is 9.78. The van der Waals surface area contributed by atoms with Gasteiger partial charge >= 0.3 is 0 Å². The summed E-state index contributed by atoms with van der Waals surface area (Å²) in [6.45, 7) is 7.77. The number of aliphatic hydroxyl groups is 1. The van der Waals surface area contributed by atoms with Gasteiger partial charge in [0.2, 0.25) is 0 Å². The fourth-order valence-electron chi connectivity index (χ4n) is 1.12. The molecule has 3 heteroatoms. The molecule has 0 aliphatic rings. The Morgan fingerprint density at radius 2 is 2.08 bits per heavy atom. The van der Waals surface area contributed by atoms with Gasteiger partial charge < -0.3 is 5.11 Å². The Bertz CT molecular complexity index is 260. The van der Waals surface area contributed by atoms with Crippen LogP contribution in [0.4, 0.5) is 0 Å². The van der Waals surface area contributed by atoms with Crippen LogP contribution >= 0.6 is 11.3 Å².